The lowest BCUT2D eigenvalue weighted by Gasteiger charge is -2.05. The van der Waals surface area contributed by atoms with Crippen LogP contribution in [0, 0.1) is 0 Å². The number of halogens is 1. The lowest BCUT2D eigenvalue weighted by Crippen LogP contribution is -2.15. The second-order valence-electron chi connectivity index (χ2n) is 3.29. The van der Waals surface area contributed by atoms with Crippen LogP contribution >= 0.6 is 15.9 Å². The summed E-state index contributed by atoms with van der Waals surface area (Å²) < 4.78 is 2.36. The first-order valence-electron chi connectivity index (χ1n) is 4.98. The molecule has 2 heterocycles. The van der Waals surface area contributed by atoms with Crippen molar-refractivity contribution in [3.8, 4) is 0 Å². The molecule has 0 aliphatic rings. The Morgan fingerprint density at radius 2 is 2.41 bits per heavy atom. The van der Waals surface area contributed by atoms with Crippen LogP contribution in [-0.2, 0) is 11.3 Å². The predicted octanol–water partition coefficient (Wildman–Crippen LogP) is 1.46. The molecule has 0 aromatic carbocycles. The summed E-state index contributed by atoms with van der Waals surface area (Å²) in [5, 5.41) is 6.63. The Morgan fingerprint density at radius 3 is 3.12 bits per heavy atom. The molecule has 0 aliphatic heterocycles. The second kappa shape index (κ2) is 5.53. The molecule has 0 atom stereocenters. The number of hydrogen-bond donors (Lipinski definition) is 1. The van der Waals surface area contributed by atoms with E-state index in [1.165, 1.54) is 6.33 Å². The van der Waals surface area contributed by atoms with E-state index < -0.39 is 0 Å². The maximum Gasteiger partial charge on any atom is 0.227 e. The van der Waals surface area contributed by atoms with Gasteiger partial charge in [-0.15, -0.1) is 0 Å². The van der Waals surface area contributed by atoms with Crippen LogP contribution in [0.1, 0.15) is 6.42 Å². The first-order valence-corrected chi connectivity index (χ1v) is 5.78. The number of hydrogen-bond acceptors (Lipinski definition) is 4. The van der Waals surface area contributed by atoms with Crippen LogP contribution in [0.15, 0.2) is 35.5 Å². The predicted molar refractivity (Wildman–Crippen MR) is 65.2 cm³/mol. The quantitative estimate of drug-likeness (QED) is 0.927. The lowest BCUT2D eigenvalue weighted by atomic mass is 10.4. The molecule has 0 unspecified atom stereocenters. The molecule has 0 bridgehead atoms. The van der Waals surface area contributed by atoms with Crippen molar-refractivity contribution in [2.75, 3.05) is 5.32 Å². The first kappa shape index (κ1) is 11.7. The Kier molecular flexibility index (Phi) is 3.81. The van der Waals surface area contributed by atoms with Crippen LogP contribution < -0.4 is 5.32 Å². The minimum Gasteiger partial charge on any atom is -0.310 e. The van der Waals surface area contributed by atoms with E-state index in [0.29, 0.717) is 18.8 Å². The fraction of sp³-hybridized carbons (Fsp3) is 0.200. The molecule has 88 valence electrons. The number of aromatic nitrogens is 4. The Hall–Kier alpha value is -1.76. The molecule has 2 aromatic heterocycles. The zero-order chi connectivity index (χ0) is 12.1. The highest BCUT2D eigenvalue weighted by molar-refractivity contribution is 9.10. The third-order valence-electron chi connectivity index (χ3n) is 2.05. The molecular weight excluding hydrogens is 286 g/mol. The standard InChI is InChI=1S/C10H10BrN5O/c11-8-2-1-4-13-10(8)15-9(17)3-5-16-7-12-6-14-16/h1-2,4,6-7H,3,5H2,(H,13,15,17). The van der Waals surface area contributed by atoms with Gasteiger partial charge in [0.05, 0.1) is 11.0 Å². The van der Waals surface area contributed by atoms with Crippen molar-refractivity contribution in [3.63, 3.8) is 0 Å². The highest BCUT2D eigenvalue weighted by Gasteiger charge is 2.06. The molecule has 2 rings (SSSR count). The highest BCUT2D eigenvalue weighted by Crippen LogP contribution is 2.18. The van der Waals surface area contributed by atoms with Gasteiger partial charge in [0.2, 0.25) is 5.91 Å². The minimum absolute atomic E-state index is 0.111. The van der Waals surface area contributed by atoms with E-state index in [4.69, 9.17) is 0 Å². The van der Waals surface area contributed by atoms with Gasteiger partial charge in [-0.3, -0.25) is 9.48 Å². The van der Waals surface area contributed by atoms with Crippen molar-refractivity contribution in [2.45, 2.75) is 13.0 Å². The number of pyridine rings is 1. The van der Waals surface area contributed by atoms with Gasteiger partial charge in [0.25, 0.3) is 0 Å². The molecule has 0 aliphatic carbocycles. The minimum atomic E-state index is -0.111. The molecule has 0 saturated carbocycles. The third-order valence-corrected chi connectivity index (χ3v) is 2.69. The fourth-order valence-electron chi connectivity index (χ4n) is 1.24. The molecule has 2 aromatic rings. The summed E-state index contributed by atoms with van der Waals surface area (Å²) in [7, 11) is 0. The van der Waals surface area contributed by atoms with E-state index in [0.717, 1.165) is 4.47 Å². The molecule has 1 amide bonds. The Bertz CT molecular complexity index is 499. The zero-order valence-electron chi connectivity index (χ0n) is 8.88. The van der Waals surface area contributed by atoms with Gasteiger partial charge in [-0.05, 0) is 28.1 Å². The van der Waals surface area contributed by atoms with Gasteiger partial charge in [0.1, 0.15) is 18.5 Å². The number of anilines is 1. The van der Waals surface area contributed by atoms with Crippen molar-refractivity contribution in [1.82, 2.24) is 19.7 Å². The Morgan fingerprint density at radius 1 is 1.53 bits per heavy atom. The summed E-state index contributed by atoms with van der Waals surface area (Å²) in [5.41, 5.74) is 0. The van der Waals surface area contributed by atoms with Gasteiger partial charge in [-0.25, -0.2) is 9.97 Å². The molecular formula is C10H10BrN5O. The van der Waals surface area contributed by atoms with Gasteiger partial charge >= 0.3 is 0 Å². The van der Waals surface area contributed by atoms with Crippen molar-refractivity contribution in [1.29, 1.82) is 0 Å². The van der Waals surface area contributed by atoms with Crippen molar-refractivity contribution in [3.05, 3.63) is 35.5 Å². The topological polar surface area (TPSA) is 72.7 Å². The summed E-state index contributed by atoms with van der Waals surface area (Å²) in [4.78, 5) is 19.5. The van der Waals surface area contributed by atoms with E-state index in [1.54, 1.807) is 23.3 Å². The monoisotopic (exact) mass is 295 g/mol. The Labute approximate surface area is 106 Å². The summed E-state index contributed by atoms with van der Waals surface area (Å²) in [6, 6.07) is 3.61. The highest BCUT2D eigenvalue weighted by atomic mass is 79.9. The van der Waals surface area contributed by atoms with Gasteiger partial charge in [0.15, 0.2) is 0 Å². The van der Waals surface area contributed by atoms with Crippen LogP contribution in [0.2, 0.25) is 0 Å². The largest absolute Gasteiger partial charge is 0.310 e. The number of carbonyl (C=O) groups excluding carboxylic acids is 1. The number of aryl methyl sites for hydroxylation is 1. The molecule has 6 nitrogen and oxygen atoms in total. The molecule has 0 fully saturated rings. The molecule has 17 heavy (non-hydrogen) atoms. The fourth-order valence-corrected chi connectivity index (χ4v) is 1.59. The van der Waals surface area contributed by atoms with Crippen molar-refractivity contribution in [2.24, 2.45) is 0 Å². The summed E-state index contributed by atoms with van der Waals surface area (Å²) in [6.45, 7) is 0.496. The normalized spacial score (nSPS) is 10.2. The van der Waals surface area contributed by atoms with E-state index in [9.17, 15) is 4.79 Å². The zero-order valence-corrected chi connectivity index (χ0v) is 10.5. The van der Waals surface area contributed by atoms with Gasteiger partial charge in [0, 0.05) is 12.6 Å². The lowest BCUT2D eigenvalue weighted by molar-refractivity contribution is -0.116. The summed E-state index contributed by atoms with van der Waals surface area (Å²) in [6.07, 6.45) is 4.96. The van der Waals surface area contributed by atoms with E-state index in [2.05, 4.69) is 36.3 Å². The first-order chi connectivity index (χ1) is 8.25. The maximum atomic E-state index is 11.6. The van der Waals surface area contributed by atoms with Crippen LogP contribution in [0.4, 0.5) is 5.82 Å². The van der Waals surface area contributed by atoms with Crippen molar-refractivity contribution < 1.29 is 4.79 Å². The van der Waals surface area contributed by atoms with E-state index in [1.807, 2.05) is 6.07 Å². The number of nitrogens with zero attached hydrogens (tertiary/aromatic N) is 4. The van der Waals surface area contributed by atoms with Crippen LogP contribution in [-0.4, -0.2) is 25.7 Å². The molecule has 0 radical (unpaired) electrons. The maximum absolute atomic E-state index is 11.6. The number of rotatable bonds is 4. The van der Waals surface area contributed by atoms with E-state index in [-0.39, 0.29) is 5.91 Å². The molecule has 1 N–H and O–H groups in total. The molecule has 0 spiro atoms. The van der Waals surface area contributed by atoms with Gasteiger partial charge in [-0.1, -0.05) is 0 Å². The van der Waals surface area contributed by atoms with E-state index >= 15 is 0 Å². The number of nitrogens with one attached hydrogen (secondary N) is 1. The number of amides is 1. The molecule has 7 heteroatoms. The number of carbonyl (C=O) groups is 1. The van der Waals surface area contributed by atoms with Crippen LogP contribution in [0.5, 0.6) is 0 Å². The molecule has 0 saturated heterocycles. The smallest absolute Gasteiger partial charge is 0.227 e. The van der Waals surface area contributed by atoms with Gasteiger partial charge < -0.3 is 5.32 Å². The van der Waals surface area contributed by atoms with Crippen LogP contribution in [0.3, 0.4) is 0 Å². The second-order valence-corrected chi connectivity index (χ2v) is 4.14. The Balaban J connectivity index is 1.87. The van der Waals surface area contributed by atoms with Crippen molar-refractivity contribution >= 4 is 27.7 Å². The summed E-state index contributed by atoms with van der Waals surface area (Å²) in [5.74, 6) is 0.413. The summed E-state index contributed by atoms with van der Waals surface area (Å²) >= 11 is 3.31. The van der Waals surface area contributed by atoms with Gasteiger partial charge in [-0.2, -0.15) is 5.10 Å². The average Bonchev–Trinajstić information content (AvgIpc) is 2.82. The third kappa shape index (κ3) is 3.35. The van der Waals surface area contributed by atoms with Crippen LogP contribution in [0.25, 0.3) is 0 Å². The average molecular weight is 296 g/mol. The SMILES string of the molecule is O=C(CCn1cncn1)Nc1ncccc1Br.